The van der Waals surface area contributed by atoms with Crippen molar-refractivity contribution in [3.05, 3.63) is 21.9 Å². The molecular formula is C17H25N3O3S. The van der Waals surface area contributed by atoms with Crippen molar-refractivity contribution < 1.29 is 14.3 Å². The number of aryl methyl sites for hydroxylation is 1. The second kappa shape index (κ2) is 7.98. The predicted octanol–water partition coefficient (Wildman–Crippen LogP) is 1.84. The van der Waals surface area contributed by atoms with Gasteiger partial charge in [-0.3, -0.25) is 4.79 Å². The summed E-state index contributed by atoms with van der Waals surface area (Å²) >= 11 is 1.74. The lowest BCUT2D eigenvalue weighted by atomic mass is 10.2. The number of piperazine rings is 1. The molecule has 1 aromatic rings. The lowest BCUT2D eigenvalue weighted by molar-refractivity contribution is -0.142. The van der Waals surface area contributed by atoms with Crippen LogP contribution in [0.25, 0.3) is 0 Å². The van der Waals surface area contributed by atoms with Crippen LogP contribution >= 0.6 is 11.3 Å². The second-order valence-corrected chi connectivity index (χ2v) is 7.45. The van der Waals surface area contributed by atoms with Gasteiger partial charge in [0.25, 0.3) is 5.91 Å². The Kier molecular flexibility index (Phi) is 5.73. The number of thiophene rings is 1. The molecule has 1 aromatic heterocycles. The largest absolute Gasteiger partial charge is 0.368 e. The van der Waals surface area contributed by atoms with E-state index >= 15 is 0 Å². The Morgan fingerprint density at radius 2 is 1.92 bits per heavy atom. The minimum Gasteiger partial charge on any atom is -0.368 e. The summed E-state index contributed by atoms with van der Waals surface area (Å²) in [6, 6.07) is 4.13. The Labute approximate surface area is 146 Å². The third-order valence-corrected chi connectivity index (χ3v) is 5.79. The van der Waals surface area contributed by atoms with E-state index in [4.69, 9.17) is 4.74 Å². The Bertz CT molecular complexity index is 575. The first-order chi connectivity index (χ1) is 11.7. The van der Waals surface area contributed by atoms with Crippen LogP contribution in [0.15, 0.2) is 12.1 Å². The SMILES string of the molecule is CCc1ccc(CNC(=O)N2CCN(C(=O)C3CCCO3)CC2)s1. The Balaban J connectivity index is 1.42. The van der Waals surface area contributed by atoms with Crippen LogP contribution in [0.2, 0.25) is 0 Å². The molecule has 6 nitrogen and oxygen atoms in total. The molecule has 2 aliphatic heterocycles. The van der Waals surface area contributed by atoms with Gasteiger partial charge < -0.3 is 19.9 Å². The van der Waals surface area contributed by atoms with Gasteiger partial charge in [-0.1, -0.05) is 6.92 Å². The summed E-state index contributed by atoms with van der Waals surface area (Å²) in [6.45, 7) is 5.71. The number of carbonyl (C=O) groups is 2. The van der Waals surface area contributed by atoms with Crippen molar-refractivity contribution in [2.24, 2.45) is 0 Å². The fourth-order valence-electron chi connectivity index (χ4n) is 3.09. The zero-order valence-electron chi connectivity index (χ0n) is 14.1. The monoisotopic (exact) mass is 351 g/mol. The van der Waals surface area contributed by atoms with Crippen molar-refractivity contribution >= 4 is 23.3 Å². The summed E-state index contributed by atoms with van der Waals surface area (Å²) in [4.78, 5) is 30.7. The van der Waals surface area contributed by atoms with Crippen LogP contribution in [0, 0.1) is 0 Å². The molecule has 7 heteroatoms. The first kappa shape index (κ1) is 17.2. The average molecular weight is 351 g/mol. The zero-order valence-corrected chi connectivity index (χ0v) is 14.9. The maximum Gasteiger partial charge on any atom is 0.317 e. The Morgan fingerprint density at radius 3 is 2.54 bits per heavy atom. The highest BCUT2D eigenvalue weighted by Crippen LogP contribution is 2.17. The minimum atomic E-state index is -0.267. The second-order valence-electron chi connectivity index (χ2n) is 6.19. The van der Waals surface area contributed by atoms with E-state index in [2.05, 4.69) is 24.4 Å². The first-order valence-electron chi connectivity index (χ1n) is 8.68. The molecule has 3 rings (SSSR count). The van der Waals surface area contributed by atoms with Gasteiger partial charge in [-0.15, -0.1) is 11.3 Å². The summed E-state index contributed by atoms with van der Waals surface area (Å²) in [5, 5.41) is 2.97. The Morgan fingerprint density at radius 1 is 1.21 bits per heavy atom. The lowest BCUT2D eigenvalue weighted by Gasteiger charge is -2.35. The van der Waals surface area contributed by atoms with E-state index in [9.17, 15) is 9.59 Å². The molecule has 132 valence electrons. The summed E-state index contributed by atoms with van der Waals surface area (Å²) in [5.41, 5.74) is 0. The predicted molar refractivity (Wildman–Crippen MR) is 93.1 cm³/mol. The van der Waals surface area contributed by atoms with Gasteiger partial charge in [0.15, 0.2) is 0 Å². The molecule has 0 aliphatic carbocycles. The number of urea groups is 1. The first-order valence-corrected chi connectivity index (χ1v) is 9.49. The van der Waals surface area contributed by atoms with Crippen LogP contribution in [0.3, 0.4) is 0 Å². The van der Waals surface area contributed by atoms with Crippen molar-refractivity contribution in [3.8, 4) is 0 Å². The third kappa shape index (κ3) is 4.08. The molecule has 0 aromatic carbocycles. The van der Waals surface area contributed by atoms with Gasteiger partial charge in [-0.2, -0.15) is 0 Å². The van der Waals surface area contributed by atoms with Gasteiger partial charge in [0.05, 0.1) is 6.54 Å². The number of nitrogens with zero attached hydrogens (tertiary/aromatic N) is 2. The smallest absolute Gasteiger partial charge is 0.317 e. The number of hydrogen-bond acceptors (Lipinski definition) is 4. The number of hydrogen-bond donors (Lipinski definition) is 1. The van der Waals surface area contributed by atoms with Crippen LogP contribution in [0.4, 0.5) is 4.79 Å². The molecule has 24 heavy (non-hydrogen) atoms. The molecule has 1 unspecified atom stereocenters. The van der Waals surface area contributed by atoms with Crippen molar-refractivity contribution in [2.75, 3.05) is 32.8 Å². The van der Waals surface area contributed by atoms with Gasteiger partial charge >= 0.3 is 6.03 Å². The molecule has 0 spiro atoms. The van der Waals surface area contributed by atoms with Crippen LogP contribution in [0.5, 0.6) is 0 Å². The molecule has 3 heterocycles. The molecule has 3 amide bonds. The minimum absolute atomic E-state index is 0.0503. The topological polar surface area (TPSA) is 61.9 Å². The Hall–Kier alpha value is -1.60. The van der Waals surface area contributed by atoms with Gasteiger partial charge in [0.1, 0.15) is 6.10 Å². The zero-order chi connectivity index (χ0) is 16.9. The van der Waals surface area contributed by atoms with Crippen LogP contribution < -0.4 is 5.32 Å². The summed E-state index contributed by atoms with van der Waals surface area (Å²) < 4.78 is 5.46. The van der Waals surface area contributed by atoms with E-state index in [1.807, 2.05) is 4.90 Å². The van der Waals surface area contributed by atoms with Gasteiger partial charge in [0, 0.05) is 42.5 Å². The molecule has 0 radical (unpaired) electrons. The molecule has 2 saturated heterocycles. The average Bonchev–Trinajstić information content (AvgIpc) is 3.30. The normalized spacial score (nSPS) is 21.1. The number of rotatable bonds is 4. The van der Waals surface area contributed by atoms with Crippen LogP contribution in [0.1, 0.15) is 29.5 Å². The van der Waals surface area contributed by atoms with Gasteiger partial charge in [-0.25, -0.2) is 4.79 Å². The van der Waals surface area contributed by atoms with Crippen molar-refractivity contribution in [1.29, 1.82) is 0 Å². The quantitative estimate of drug-likeness (QED) is 0.900. The van der Waals surface area contributed by atoms with E-state index < -0.39 is 0 Å². The van der Waals surface area contributed by atoms with Gasteiger partial charge in [-0.05, 0) is 31.4 Å². The lowest BCUT2D eigenvalue weighted by Crippen LogP contribution is -2.54. The molecule has 1 atom stereocenters. The van der Waals surface area contributed by atoms with Crippen molar-refractivity contribution in [1.82, 2.24) is 15.1 Å². The summed E-state index contributed by atoms with van der Waals surface area (Å²) in [7, 11) is 0. The van der Waals surface area contributed by atoms with E-state index in [0.29, 0.717) is 39.3 Å². The number of amides is 3. The van der Waals surface area contributed by atoms with Gasteiger partial charge in [0.2, 0.25) is 0 Å². The third-order valence-electron chi connectivity index (χ3n) is 4.56. The molecule has 2 aliphatic rings. The molecule has 0 saturated carbocycles. The number of carbonyl (C=O) groups excluding carboxylic acids is 2. The fourth-order valence-corrected chi connectivity index (χ4v) is 3.99. The molecule has 2 fully saturated rings. The highest BCUT2D eigenvalue weighted by Gasteiger charge is 2.31. The molecule has 0 bridgehead atoms. The van der Waals surface area contributed by atoms with Crippen LogP contribution in [-0.4, -0.2) is 60.6 Å². The maximum atomic E-state index is 12.3. The van der Waals surface area contributed by atoms with Crippen LogP contribution in [-0.2, 0) is 22.5 Å². The molecule has 1 N–H and O–H groups in total. The highest BCUT2D eigenvalue weighted by atomic mass is 32.1. The summed E-state index contributed by atoms with van der Waals surface area (Å²) in [5.74, 6) is 0.0817. The summed E-state index contributed by atoms with van der Waals surface area (Å²) in [6.07, 6.45) is 2.54. The fraction of sp³-hybridized carbons (Fsp3) is 0.647. The molecular weight excluding hydrogens is 326 g/mol. The van der Waals surface area contributed by atoms with E-state index in [-0.39, 0.29) is 18.0 Å². The number of ether oxygens (including phenoxy) is 1. The standard InChI is InChI=1S/C17H25N3O3S/c1-2-13-5-6-14(24-13)12-18-17(22)20-9-7-19(8-10-20)16(21)15-4-3-11-23-15/h5-6,15H,2-4,7-12H2,1H3,(H,18,22). The van der Waals surface area contributed by atoms with E-state index in [1.54, 1.807) is 16.2 Å². The van der Waals surface area contributed by atoms with E-state index in [0.717, 1.165) is 19.3 Å². The maximum absolute atomic E-state index is 12.3. The van der Waals surface area contributed by atoms with Crippen molar-refractivity contribution in [2.45, 2.75) is 38.8 Å². The van der Waals surface area contributed by atoms with E-state index in [1.165, 1.54) is 9.75 Å². The van der Waals surface area contributed by atoms with Crippen molar-refractivity contribution in [3.63, 3.8) is 0 Å². The highest BCUT2D eigenvalue weighted by molar-refractivity contribution is 7.11. The number of nitrogens with one attached hydrogen (secondary N) is 1.